The second kappa shape index (κ2) is 11.5. The van der Waals surface area contributed by atoms with Crippen molar-refractivity contribution in [2.45, 2.75) is 25.4 Å². The first-order valence-corrected chi connectivity index (χ1v) is 13.5. The lowest BCUT2D eigenvalue weighted by atomic mass is 10.0. The van der Waals surface area contributed by atoms with Gasteiger partial charge in [-0.15, -0.1) is 0 Å². The summed E-state index contributed by atoms with van der Waals surface area (Å²) < 4.78 is 21.0. The Labute approximate surface area is 238 Å². The fraction of sp³-hybridized carbons (Fsp3) is 0.207. The minimum absolute atomic E-state index is 0.110. The number of H-pyrrole nitrogens is 1. The van der Waals surface area contributed by atoms with Crippen LogP contribution in [0.15, 0.2) is 72.8 Å². The van der Waals surface area contributed by atoms with E-state index in [0.717, 1.165) is 9.13 Å². The first kappa shape index (κ1) is 26.8. The van der Waals surface area contributed by atoms with Gasteiger partial charge in [0.1, 0.15) is 36.1 Å². The lowest BCUT2D eigenvalue weighted by Crippen LogP contribution is -2.36. The number of carbonyl (C=O) groups is 2. The number of urea groups is 1. The lowest BCUT2D eigenvalue weighted by Gasteiger charge is -2.24. The molecule has 2 heterocycles. The number of nitrogens with zero attached hydrogens (tertiary/aromatic N) is 2. The Balaban J connectivity index is 1.49. The summed E-state index contributed by atoms with van der Waals surface area (Å²) in [7, 11) is 0. The molecule has 4 aromatic rings. The van der Waals surface area contributed by atoms with Crippen LogP contribution in [0.3, 0.4) is 0 Å². The minimum Gasteiger partial charge on any atom is -0.491 e. The van der Waals surface area contributed by atoms with Gasteiger partial charge >= 0.3 is 6.03 Å². The molecule has 0 aliphatic carbocycles. The van der Waals surface area contributed by atoms with E-state index in [2.05, 4.69) is 10.3 Å². The number of aryl methyl sites for hydroxylation is 1. The molecule has 0 spiro atoms. The third-order valence-electron chi connectivity index (χ3n) is 6.53. The van der Waals surface area contributed by atoms with Gasteiger partial charge in [-0.2, -0.15) is 0 Å². The number of nitrogens with one attached hydrogen (secondary N) is 2. The average Bonchev–Trinajstić information content (AvgIpc) is 3.45. The number of imide groups is 1. The lowest BCUT2D eigenvalue weighted by molar-refractivity contribution is -0.129. The summed E-state index contributed by atoms with van der Waals surface area (Å²) in [6.07, 6.45) is 0.322. The van der Waals surface area contributed by atoms with E-state index in [-0.39, 0.29) is 13.2 Å². The van der Waals surface area contributed by atoms with Gasteiger partial charge in [0.2, 0.25) is 0 Å². The van der Waals surface area contributed by atoms with E-state index in [1.54, 1.807) is 43.3 Å². The van der Waals surface area contributed by atoms with E-state index in [1.807, 2.05) is 52.9 Å². The zero-order valence-electron chi connectivity index (χ0n) is 21.0. The number of benzene rings is 3. The Morgan fingerprint density at radius 3 is 2.54 bits per heavy atom. The van der Waals surface area contributed by atoms with E-state index >= 15 is 0 Å². The third-order valence-corrected chi connectivity index (χ3v) is 7.20. The molecule has 1 unspecified atom stereocenters. The second-order valence-electron chi connectivity index (χ2n) is 9.16. The third kappa shape index (κ3) is 5.66. The first-order chi connectivity index (χ1) is 18.9. The van der Waals surface area contributed by atoms with Gasteiger partial charge in [-0.1, -0.05) is 42.5 Å². The number of imidazole rings is 1. The molecule has 8 nitrogen and oxygen atoms in total. The number of aromatic amines is 1. The molecule has 200 valence electrons. The molecular weight excluding hydrogens is 614 g/mol. The van der Waals surface area contributed by atoms with Gasteiger partial charge < -0.3 is 20.1 Å². The predicted octanol–water partition coefficient (Wildman–Crippen LogP) is 5.08. The second-order valence-corrected chi connectivity index (χ2v) is 10.4. The number of rotatable bonds is 9. The van der Waals surface area contributed by atoms with Gasteiger partial charge in [0.05, 0.1) is 12.3 Å². The maximum atomic E-state index is 14.8. The Morgan fingerprint density at radius 2 is 1.85 bits per heavy atom. The van der Waals surface area contributed by atoms with Crippen LogP contribution in [0.25, 0.3) is 11.3 Å². The largest absolute Gasteiger partial charge is 0.491 e. The van der Waals surface area contributed by atoms with Gasteiger partial charge in [0.25, 0.3) is 5.91 Å². The molecule has 3 N–H and O–H groups in total. The number of amides is 3. The van der Waals surface area contributed by atoms with Crippen LogP contribution in [0.2, 0.25) is 0 Å². The highest BCUT2D eigenvalue weighted by Gasteiger charge is 2.44. The van der Waals surface area contributed by atoms with Crippen molar-refractivity contribution in [3.63, 3.8) is 0 Å². The van der Waals surface area contributed by atoms with Gasteiger partial charge in [0.15, 0.2) is 0 Å². The summed E-state index contributed by atoms with van der Waals surface area (Å²) in [5.41, 5.74) is 2.91. The molecular formula is C29H26FIN4O4. The van der Waals surface area contributed by atoms with Crippen LogP contribution in [0.4, 0.5) is 9.18 Å². The molecule has 0 saturated carbocycles. The Hall–Kier alpha value is -3.77. The summed E-state index contributed by atoms with van der Waals surface area (Å²) in [6, 6.07) is 19.0. The molecule has 3 amide bonds. The van der Waals surface area contributed by atoms with Crippen molar-refractivity contribution in [1.29, 1.82) is 0 Å². The molecule has 0 radical (unpaired) electrons. The highest BCUT2D eigenvalue weighted by atomic mass is 127. The molecule has 1 fully saturated rings. The molecule has 5 rings (SSSR count). The topological polar surface area (TPSA) is 108 Å². The van der Waals surface area contributed by atoms with E-state index in [1.165, 1.54) is 11.0 Å². The highest BCUT2D eigenvalue weighted by Crippen LogP contribution is 2.34. The van der Waals surface area contributed by atoms with Gasteiger partial charge in [0, 0.05) is 21.2 Å². The number of aliphatic hydroxyl groups excluding tert-OH is 1. The number of halogens is 2. The summed E-state index contributed by atoms with van der Waals surface area (Å²) in [6.45, 7) is 1.84. The van der Waals surface area contributed by atoms with Crippen molar-refractivity contribution < 1.29 is 23.8 Å². The average molecular weight is 640 g/mol. The number of aliphatic hydroxyl groups is 1. The molecule has 0 bridgehead atoms. The Morgan fingerprint density at radius 1 is 1.10 bits per heavy atom. The first-order valence-electron chi connectivity index (χ1n) is 12.4. The van der Waals surface area contributed by atoms with Crippen LogP contribution in [-0.2, 0) is 11.2 Å². The van der Waals surface area contributed by atoms with Crippen LogP contribution in [0.1, 0.15) is 34.7 Å². The molecule has 1 aromatic heterocycles. The van der Waals surface area contributed by atoms with Crippen molar-refractivity contribution >= 4 is 34.5 Å². The van der Waals surface area contributed by atoms with E-state index < -0.39 is 29.8 Å². The minimum atomic E-state index is -0.883. The number of carbonyl (C=O) groups excluding carboxylic acids is 2. The van der Waals surface area contributed by atoms with Crippen LogP contribution < -0.4 is 10.1 Å². The highest BCUT2D eigenvalue weighted by molar-refractivity contribution is 14.1. The van der Waals surface area contributed by atoms with Crippen molar-refractivity contribution in [3.05, 3.63) is 105 Å². The molecule has 1 aliphatic rings. The molecule has 2 atom stereocenters. The fourth-order valence-corrected chi connectivity index (χ4v) is 5.12. The normalized spacial score (nSPS) is 15.9. The number of hydrogen-bond acceptors (Lipinski definition) is 5. The van der Waals surface area contributed by atoms with Crippen LogP contribution in [-0.4, -0.2) is 45.1 Å². The number of aromatic nitrogens is 2. The van der Waals surface area contributed by atoms with Crippen molar-refractivity contribution in [3.8, 4) is 17.0 Å². The number of ether oxygens (including phenoxy) is 1. The van der Waals surface area contributed by atoms with E-state index in [0.29, 0.717) is 40.5 Å². The van der Waals surface area contributed by atoms with Gasteiger partial charge in [-0.25, -0.2) is 14.2 Å². The van der Waals surface area contributed by atoms with Crippen LogP contribution >= 0.6 is 22.6 Å². The quantitative estimate of drug-likeness (QED) is 0.175. The van der Waals surface area contributed by atoms with Crippen molar-refractivity contribution in [1.82, 2.24) is 20.2 Å². The van der Waals surface area contributed by atoms with Crippen LogP contribution in [0.5, 0.6) is 5.75 Å². The molecule has 3 aromatic carbocycles. The Kier molecular flexibility index (Phi) is 7.94. The van der Waals surface area contributed by atoms with Gasteiger partial charge in [-0.3, -0.25) is 9.69 Å². The SMILES string of the molecule is Cc1[nH]c([C@H](Cc2ccccc2)N2C(=O)NC(c3ccc(OCCO)cc3)C2=O)nc1-c1ccc(I)cc1F. The summed E-state index contributed by atoms with van der Waals surface area (Å²) in [5, 5.41) is 11.7. The zero-order chi connectivity index (χ0) is 27.5. The van der Waals surface area contributed by atoms with Crippen molar-refractivity contribution in [2.75, 3.05) is 13.2 Å². The maximum absolute atomic E-state index is 14.8. The summed E-state index contributed by atoms with van der Waals surface area (Å²) >= 11 is 2.05. The molecule has 10 heteroatoms. The standard InChI is InChI=1S/C29H26FIN4O4/c1-17-25(22-12-9-20(31)16-23(22)30)33-27(32-17)24(15-18-5-3-2-4-6-18)35-28(37)26(34-29(35)38)19-7-10-21(11-8-19)39-14-13-36/h2-12,16,24,26,36H,13-15H2,1H3,(H,32,33)(H,34,38)/t24-,26?/m0/s1. The molecule has 1 saturated heterocycles. The van der Waals surface area contributed by atoms with E-state index in [9.17, 15) is 14.0 Å². The maximum Gasteiger partial charge on any atom is 0.325 e. The van der Waals surface area contributed by atoms with Gasteiger partial charge in [-0.05, 0) is 71.0 Å². The summed E-state index contributed by atoms with van der Waals surface area (Å²) in [5.74, 6) is 0.121. The smallest absolute Gasteiger partial charge is 0.325 e. The predicted molar refractivity (Wildman–Crippen MR) is 151 cm³/mol. The molecule has 39 heavy (non-hydrogen) atoms. The number of hydrogen-bond donors (Lipinski definition) is 3. The molecule has 1 aliphatic heterocycles. The van der Waals surface area contributed by atoms with Crippen LogP contribution in [0, 0.1) is 16.3 Å². The Bertz CT molecular complexity index is 1490. The monoisotopic (exact) mass is 640 g/mol. The van der Waals surface area contributed by atoms with E-state index in [4.69, 9.17) is 14.8 Å². The summed E-state index contributed by atoms with van der Waals surface area (Å²) in [4.78, 5) is 36.1. The van der Waals surface area contributed by atoms with Crippen molar-refractivity contribution in [2.24, 2.45) is 0 Å². The zero-order valence-corrected chi connectivity index (χ0v) is 23.2. The fourth-order valence-electron chi connectivity index (χ4n) is 4.67.